The molecule has 0 unspecified atom stereocenters. The smallest absolute Gasteiger partial charge is 0.448 e. The summed E-state index contributed by atoms with van der Waals surface area (Å²) in [5.74, 6) is 0.627. The molecule has 6 heterocycles. The number of benzene rings is 6. The monoisotopic (exact) mass is 894 g/mol. The molecular formula is C54H42N8O4Si. The van der Waals surface area contributed by atoms with Crippen molar-refractivity contribution in [3.63, 3.8) is 0 Å². The molecule has 0 amide bonds. The van der Waals surface area contributed by atoms with Crippen molar-refractivity contribution in [3.8, 4) is 0 Å². The van der Waals surface area contributed by atoms with Gasteiger partial charge in [0.2, 0.25) is 0 Å². The Labute approximate surface area is 386 Å². The molecule has 6 aromatic carbocycles. The van der Waals surface area contributed by atoms with Crippen LogP contribution >= 0.6 is 0 Å². The van der Waals surface area contributed by atoms with Crippen molar-refractivity contribution in [2.45, 2.75) is 52.4 Å². The number of hydrogen-bond acceptors (Lipinski definition) is 10. The summed E-state index contributed by atoms with van der Waals surface area (Å²) >= 11 is 0. The largest absolute Gasteiger partial charge is 0.742 e. The molecule has 67 heavy (non-hydrogen) atoms. The van der Waals surface area contributed by atoms with Gasteiger partial charge in [-0.05, 0) is 46.2 Å². The second-order valence-electron chi connectivity index (χ2n) is 19.1. The predicted molar refractivity (Wildman–Crippen MR) is 262 cm³/mol. The number of amidine groups is 4. The van der Waals surface area contributed by atoms with Crippen LogP contribution in [-0.2, 0) is 19.7 Å². The number of rotatable bonds is 4. The maximum atomic E-state index is 15.5. The summed E-state index contributed by atoms with van der Waals surface area (Å²) in [6.07, 6.45) is 0. The van der Waals surface area contributed by atoms with Crippen LogP contribution in [0.3, 0.4) is 0 Å². The van der Waals surface area contributed by atoms with E-state index in [1.807, 2.05) is 121 Å². The van der Waals surface area contributed by atoms with Crippen LogP contribution in [0.4, 0.5) is 11.6 Å². The zero-order chi connectivity index (χ0) is 46.0. The van der Waals surface area contributed by atoms with Crippen molar-refractivity contribution in [1.82, 2.24) is 8.47 Å². The Bertz CT molecular complexity index is 3510. The zero-order valence-corrected chi connectivity index (χ0v) is 38.6. The molecular weight excluding hydrogens is 853 g/mol. The predicted octanol–water partition coefficient (Wildman–Crippen LogP) is 9.68. The third-order valence-corrected chi connectivity index (χ3v) is 15.6. The number of fused-ring (bicyclic) bond motifs is 14. The van der Waals surface area contributed by atoms with Crippen LogP contribution in [-0.4, -0.2) is 52.6 Å². The highest BCUT2D eigenvalue weighted by molar-refractivity contribution is 6.69. The molecule has 4 aliphatic heterocycles. The molecule has 12 nitrogen and oxygen atoms in total. The average molecular weight is 895 g/mol. The van der Waals surface area contributed by atoms with Gasteiger partial charge in [0.05, 0.1) is 11.1 Å². The summed E-state index contributed by atoms with van der Waals surface area (Å²) in [6, 6.07) is 45.6. The lowest BCUT2D eigenvalue weighted by atomic mass is 9.87. The van der Waals surface area contributed by atoms with Gasteiger partial charge < -0.3 is 8.85 Å². The highest BCUT2D eigenvalue weighted by Crippen LogP contribution is 2.44. The van der Waals surface area contributed by atoms with Crippen molar-refractivity contribution in [2.75, 3.05) is 0 Å². The molecule has 13 heteroatoms. The molecule has 2 aromatic heterocycles. The van der Waals surface area contributed by atoms with Crippen molar-refractivity contribution in [3.05, 3.63) is 201 Å². The highest BCUT2D eigenvalue weighted by Gasteiger charge is 2.60. The van der Waals surface area contributed by atoms with Gasteiger partial charge in [-0.15, -0.1) is 0 Å². The quantitative estimate of drug-likeness (QED) is 0.163. The maximum absolute atomic E-state index is 15.5. The van der Waals surface area contributed by atoms with E-state index in [-0.39, 0.29) is 22.0 Å². The molecule has 0 atom stereocenters. The van der Waals surface area contributed by atoms with Gasteiger partial charge in [0, 0.05) is 43.8 Å². The minimum absolute atomic E-state index is 0.189. The van der Waals surface area contributed by atoms with Gasteiger partial charge in [-0.2, -0.15) is 0 Å². The molecule has 0 saturated heterocycles. The maximum Gasteiger partial charge on any atom is 0.742 e. The van der Waals surface area contributed by atoms with Gasteiger partial charge in [-0.1, -0.05) is 163 Å². The van der Waals surface area contributed by atoms with Crippen molar-refractivity contribution in [1.29, 1.82) is 0 Å². The molecule has 0 fully saturated rings. The Morgan fingerprint density at radius 3 is 1.09 bits per heavy atom. The number of aromatic nitrogens is 2. The molecule has 0 aliphatic carbocycles. The Morgan fingerprint density at radius 1 is 0.403 bits per heavy atom. The van der Waals surface area contributed by atoms with E-state index in [1.165, 1.54) is 0 Å². The third-order valence-electron chi connectivity index (χ3n) is 12.7. The van der Waals surface area contributed by atoms with E-state index < -0.39 is 20.8 Å². The fraction of sp³-hybridized carbons (Fsp3) is 0.148. The minimum atomic E-state index is -5.18. The molecule has 8 aromatic rings. The van der Waals surface area contributed by atoms with Gasteiger partial charge >= 0.3 is 20.8 Å². The second-order valence-corrected chi connectivity index (χ2v) is 21.5. The summed E-state index contributed by atoms with van der Waals surface area (Å²) in [5.41, 5.74) is 5.78. The number of aliphatic imine (C=N–C) groups is 4. The Hall–Kier alpha value is -8.16. The summed E-state index contributed by atoms with van der Waals surface area (Å²) in [7, 11) is -5.18. The molecule has 12 rings (SSSR count). The van der Waals surface area contributed by atoms with Crippen LogP contribution in [0.2, 0.25) is 0 Å². The van der Waals surface area contributed by atoms with Gasteiger partial charge in [0.15, 0.2) is 23.3 Å². The lowest BCUT2D eigenvalue weighted by molar-refractivity contribution is 0.0532. The van der Waals surface area contributed by atoms with E-state index in [1.54, 1.807) is 32.7 Å². The van der Waals surface area contributed by atoms with E-state index in [9.17, 15) is 0 Å². The molecule has 4 aliphatic rings. The van der Waals surface area contributed by atoms with Crippen LogP contribution in [0.25, 0.3) is 21.5 Å². The van der Waals surface area contributed by atoms with E-state index in [0.29, 0.717) is 67.5 Å². The topological polar surface area (TPSA) is 137 Å². The van der Waals surface area contributed by atoms with Crippen LogP contribution in [0.15, 0.2) is 176 Å². The molecule has 6 bridgehead atoms. The zero-order valence-electron chi connectivity index (χ0n) is 37.6. The number of carbonyl (C=O) groups excluding carboxylic acids is 2. The average Bonchev–Trinajstić information content (AvgIpc) is 4.04. The first kappa shape index (κ1) is 40.4. The van der Waals surface area contributed by atoms with Crippen LogP contribution in [0.1, 0.15) is 95.6 Å². The van der Waals surface area contributed by atoms with Crippen LogP contribution in [0.5, 0.6) is 0 Å². The summed E-state index contributed by atoms with van der Waals surface area (Å²) in [4.78, 5) is 62.8. The fourth-order valence-corrected chi connectivity index (χ4v) is 12.3. The van der Waals surface area contributed by atoms with Crippen LogP contribution < -0.4 is 11.0 Å². The van der Waals surface area contributed by atoms with Gasteiger partial charge in [-0.3, -0.25) is 8.47 Å². The minimum Gasteiger partial charge on any atom is -0.448 e. The SMILES string of the molecule is CC(C)(C)c1ccc(C(=O)O[Si]2(OC(=O)c3ccc(C(C)(C)C)cc3)n3c4c5ccccc5c3N=C3N=C(N=c5c6ccccc6c(n52)=NC2=NC(=N4)c4ccccc42)c2ccccc23)cc1. The number of hydrogen-bond donors (Lipinski definition) is 0. The normalized spacial score (nSPS) is 15.3. The van der Waals surface area contributed by atoms with Crippen molar-refractivity contribution >= 4 is 77.3 Å². The van der Waals surface area contributed by atoms with E-state index in [4.69, 9.17) is 38.8 Å². The molecule has 0 spiro atoms. The first-order chi connectivity index (χ1) is 32.3. The second kappa shape index (κ2) is 14.4. The number of nitrogens with zero attached hydrogens (tertiary/aromatic N) is 8. The first-order valence-corrected chi connectivity index (χ1v) is 23.9. The van der Waals surface area contributed by atoms with Gasteiger partial charge in [0.1, 0.15) is 22.6 Å². The molecule has 0 saturated carbocycles. The summed E-state index contributed by atoms with van der Waals surface area (Å²) in [5, 5.41) is 2.58. The van der Waals surface area contributed by atoms with Crippen molar-refractivity contribution < 1.29 is 18.4 Å². The van der Waals surface area contributed by atoms with E-state index in [0.717, 1.165) is 33.4 Å². The Kier molecular flexibility index (Phi) is 8.68. The Balaban J connectivity index is 1.28. The summed E-state index contributed by atoms with van der Waals surface area (Å²) < 4.78 is 17.9. The molecule has 326 valence electrons. The standard InChI is InChI=1S/C54H42N8O4Si/c1-53(2,3)33-27-23-31(24-28-33)51(63)65-67(66-52(64)32-25-29-34(30-26-32)54(4,5)6)61-47-39-19-11-12-20-40(39)49(61)59-45-37-17-9-10-18-38(37)46(56-45)60-50-42-22-14-13-21-41(42)48(62(50)67)58-44-36-16-8-7-15-35(36)43(55-44)57-47/h7-30H,1-6H3. The van der Waals surface area contributed by atoms with Crippen LogP contribution in [0, 0.1) is 0 Å². The first-order valence-electron chi connectivity index (χ1n) is 22.2. The highest BCUT2D eigenvalue weighted by atomic mass is 28.4. The Morgan fingerprint density at radius 2 is 0.731 bits per heavy atom. The molecule has 0 N–H and O–H groups in total. The lowest BCUT2D eigenvalue weighted by Gasteiger charge is -2.32. The van der Waals surface area contributed by atoms with Gasteiger partial charge in [0.25, 0.3) is 0 Å². The molecule has 0 radical (unpaired) electrons. The van der Waals surface area contributed by atoms with Gasteiger partial charge in [-0.25, -0.2) is 39.5 Å². The fourth-order valence-electron chi connectivity index (χ4n) is 9.21. The lowest BCUT2D eigenvalue weighted by Crippen LogP contribution is -2.65. The number of carbonyl (C=O) groups is 2. The van der Waals surface area contributed by atoms with E-state index >= 15 is 9.59 Å². The van der Waals surface area contributed by atoms with Crippen molar-refractivity contribution in [2.24, 2.45) is 30.0 Å². The van der Waals surface area contributed by atoms with E-state index in [2.05, 4.69) is 41.5 Å². The third kappa shape index (κ3) is 6.25. The summed E-state index contributed by atoms with van der Waals surface area (Å²) in [6.45, 7) is 12.7.